The highest BCUT2D eigenvalue weighted by Crippen LogP contribution is 2.13. The third-order valence-corrected chi connectivity index (χ3v) is 3.57. The van der Waals surface area contributed by atoms with E-state index in [-0.39, 0.29) is 11.9 Å². The van der Waals surface area contributed by atoms with E-state index in [1.54, 1.807) is 11.3 Å². The Bertz CT molecular complexity index is 422. The van der Waals surface area contributed by atoms with Gasteiger partial charge in [0.15, 0.2) is 0 Å². The Balaban J connectivity index is 2.15. The number of carbonyl (C=O) groups is 1. The molecule has 0 saturated carbocycles. The molecule has 1 heterocycles. The molecule has 0 fully saturated rings. The van der Waals surface area contributed by atoms with Gasteiger partial charge < -0.3 is 10.6 Å². The van der Waals surface area contributed by atoms with Crippen LogP contribution in [0.5, 0.6) is 0 Å². The Labute approximate surface area is 112 Å². The molecule has 5 heteroatoms. The molecular formula is C13H19N3OS. The number of nitriles is 1. The van der Waals surface area contributed by atoms with Crippen LogP contribution in [0.2, 0.25) is 0 Å². The summed E-state index contributed by atoms with van der Waals surface area (Å²) in [6.45, 7) is 5.41. The second kappa shape index (κ2) is 7.85. The number of thiophene rings is 1. The van der Waals surface area contributed by atoms with E-state index in [0.29, 0.717) is 25.1 Å². The first-order valence-electron chi connectivity index (χ1n) is 6.13. The average molecular weight is 265 g/mol. The monoisotopic (exact) mass is 265 g/mol. The number of hydrogen-bond donors (Lipinski definition) is 2. The van der Waals surface area contributed by atoms with E-state index in [2.05, 4.69) is 16.7 Å². The van der Waals surface area contributed by atoms with Crippen molar-refractivity contribution >= 4 is 17.2 Å². The molecule has 0 aromatic carbocycles. The molecule has 1 rings (SSSR count). The maximum atomic E-state index is 11.5. The molecule has 0 radical (unpaired) electrons. The first-order valence-corrected chi connectivity index (χ1v) is 7.01. The number of rotatable bonds is 7. The second-order valence-electron chi connectivity index (χ2n) is 4.22. The summed E-state index contributed by atoms with van der Waals surface area (Å²) in [6, 6.07) is 4.22. The molecular weight excluding hydrogens is 246 g/mol. The summed E-state index contributed by atoms with van der Waals surface area (Å²) in [5.74, 6) is 0.0840. The molecule has 0 saturated heterocycles. The van der Waals surface area contributed by atoms with Crippen LogP contribution in [0, 0.1) is 11.3 Å². The highest BCUT2D eigenvalue weighted by atomic mass is 32.1. The summed E-state index contributed by atoms with van der Waals surface area (Å²) in [5.41, 5.74) is 0.700. The van der Waals surface area contributed by atoms with Gasteiger partial charge in [0.2, 0.25) is 5.91 Å². The fraction of sp³-hybridized carbons (Fsp3) is 0.538. The molecule has 0 aliphatic heterocycles. The summed E-state index contributed by atoms with van der Waals surface area (Å²) in [4.78, 5) is 12.6. The lowest BCUT2D eigenvalue weighted by atomic mass is 10.2. The third kappa shape index (κ3) is 5.30. The van der Waals surface area contributed by atoms with Crippen molar-refractivity contribution in [2.45, 2.75) is 39.3 Å². The van der Waals surface area contributed by atoms with Crippen molar-refractivity contribution in [2.24, 2.45) is 0 Å². The molecule has 98 valence electrons. The van der Waals surface area contributed by atoms with Gasteiger partial charge in [-0.1, -0.05) is 6.92 Å². The molecule has 1 unspecified atom stereocenters. The Kier molecular flexibility index (Phi) is 6.40. The van der Waals surface area contributed by atoms with Crippen molar-refractivity contribution in [3.63, 3.8) is 0 Å². The molecule has 1 atom stereocenters. The fourth-order valence-corrected chi connectivity index (χ4v) is 2.17. The van der Waals surface area contributed by atoms with Crippen LogP contribution >= 0.6 is 11.3 Å². The molecule has 0 aliphatic carbocycles. The van der Waals surface area contributed by atoms with E-state index < -0.39 is 0 Å². The quantitative estimate of drug-likeness (QED) is 0.741. The zero-order chi connectivity index (χ0) is 13.4. The maximum Gasteiger partial charge on any atom is 0.221 e. The minimum absolute atomic E-state index is 0.0840. The molecule has 1 amide bonds. The zero-order valence-corrected chi connectivity index (χ0v) is 11.6. The van der Waals surface area contributed by atoms with Crippen LogP contribution in [0.4, 0.5) is 0 Å². The summed E-state index contributed by atoms with van der Waals surface area (Å²) in [7, 11) is 0. The summed E-state index contributed by atoms with van der Waals surface area (Å²) in [6.07, 6.45) is 1.44. The van der Waals surface area contributed by atoms with E-state index in [4.69, 9.17) is 5.26 Å². The SMILES string of the molecule is CCC(C)NC(=O)CCNCc1cc(C#N)cs1. The number of nitrogens with zero attached hydrogens (tertiary/aromatic N) is 1. The predicted octanol–water partition coefficient (Wildman–Crippen LogP) is 2.01. The number of carbonyl (C=O) groups excluding carboxylic acids is 1. The van der Waals surface area contributed by atoms with E-state index in [1.165, 1.54) is 0 Å². The standard InChI is InChI=1S/C13H19N3OS/c1-3-10(2)16-13(17)4-5-15-8-12-6-11(7-14)9-18-12/h6,9-10,15H,3-5,8H2,1-2H3,(H,16,17). The van der Waals surface area contributed by atoms with Crippen molar-refractivity contribution in [2.75, 3.05) is 6.54 Å². The molecule has 0 spiro atoms. The second-order valence-corrected chi connectivity index (χ2v) is 5.21. The Hall–Kier alpha value is -1.38. The van der Waals surface area contributed by atoms with Crippen LogP contribution in [-0.4, -0.2) is 18.5 Å². The molecule has 18 heavy (non-hydrogen) atoms. The van der Waals surface area contributed by atoms with Crippen molar-refractivity contribution in [3.8, 4) is 6.07 Å². The summed E-state index contributed by atoms with van der Waals surface area (Å²) in [5, 5.41) is 16.6. The van der Waals surface area contributed by atoms with E-state index >= 15 is 0 Å². The zero-order valence-electron chi connectivity index (χ0n) is 10.8. The lowest BCUT2D eigenvalue weighted by molar-refractivity contribution is -0.121. The van der Waals surface area contributed by atoms with Crippen LogP contribution in [0.15, 0.2) is 11.4 Å². The van der Waals surface area contributed by atoms with Gasteiger partial charge in [-0.25, -0.2) is 0 Å². The van der Waals surface area contributed by atoms with Gasteiger partial charge in [0.05, 0.1) is 5.56 Å². The molecule has 1 aromatic rings. The van der Waals surface area contributed by atoms with Crippen LogP contribution in [0.25, 0.3) is 0 Å². The number of nitrogens with one attached hydrogen (secondary N) is 2. The molecule has 1 aromatic heterocycles. The van der Waals surface area contributed by atoms with Gasteiger partial charge >= 0.3 is 0 Å². The largest absolute Gasteiger partial charge is 0.354 e. The Morgan fingerprint density at radius 2 is 2.39 bits per heavy atom. The van der Waals surface area contributed by atoms with Crippen molar-refractivity contribution < 1.29 is 4.79 Å². The van der Waals surface area contributed by atoms with Gasteiger partial charge in [-0.2, -0.15) is 5.26 Å². The van der Waals surface area contributed by atoms with Gasteiger partial charge in [-0.05, 0) is 19.4 Å². The van der Waals surface area contributed by atoms with Crippen LogP contribution < -0.4 is 10.6 Å². The molecule has 4 nitrogen and oxygen atoms in total. The minimum atomic E-state index is 0.0840. The van der Waals surface area contributed by atoms with E-state index in [0.717, 1.165) is 11.3 Å². The van der Waals surface area contributed by atoms with Crippen LogP contribution in [0.1, 0.15) is 37.1 Å². The molecule has 0 aliphatic rings. The molecule has 0 bridgehead atoms. The lowest BCUT2D eigenvalue weighted by Gasteiger charge is -2.11. The number of hydrogen-bond acceptors (Lipinski definition) is 4. The van der Waals surface area contributed by atoms with Gasteiger partial charge in [0, 0.05) is 35.8 Å². The fourth-order valence-electron chi connectivity index (χ4n) is 1.39. The van der Waals surface area contributed by atoms with Gasteiger partial charge in [0.25, 0.3) is 0 Å². The third-order valence-electron chi connectivity index (χ3n) is 2.63. The first kappa shape index (κ1) is 14.7. The van der Waals surface area contributed by atoms with Gasteiger partial charge in [0.1, 0.15) is 6.07 Å². The topological polar surface area (TPSA) is 64.9 Å². The van der Waals surface area contributed by atoms with Crippen LogP contribution in [0.3, 0.4) is 0 Å². The van der Waals surface area contributed by atoms with Crippen LogP contribution in [-0.2, 0) is 11.3 Å². The predicted molar refractivity (Wildman–Crippen MR) is 73.3 cm³/mol. The normalized spacial score (nSPS) is 11.8. The highest BCUT2D eigenvalue weighted by molar-refractivity contribution is 7.10. The maximum absolute atomic E-state index is 11.5. The van der Waals surface area contributed by atoms with E-state index in [9.17, 15) is 4.79 Å². The van der Waals surface area contributed by atoms with Gasteiger partial charge in [-0.15, -0.1) is 11.3 Å². The average Bonchev–Trinajstić information content (AvgIpc) is 2.82. The van der Waals surface area contributed by atoms with Crippen molar-refractivity contribution in [1.29, 1.82) is 5.26 Å². The highest BCUT2D eigenvalue weighted by Gasteiger charge is 2.05. The smallest absolute Gasteiger partial charge is 0.221 e. The lowest BCUT2D eigenvalue weighted by Crippen LogP contribution is -2.33. The first-order chi connectivity index (χ1) is 8.65. The van der Waals surface area contributed by atoms with Crippen molar-refractivity contribution in [1.82, 2.24) is 10.6 Å². The summed E-state index contributed by atoms with van der Waals surface area (Å²) < 4.78 is 0. The van der Waals surface area contributed by atoms with Gasteiger partial charge in [-0.3, -0.25) is 4.79 Å². The minimum Gasteiger partial charge on any atom is -0.354 e. The summed E-state index contributed by atoms with van der Waals surface area (Å²) >= 11 is 1.56. The van der Waals surface area contributed by atoms with Crippen molar-refractivity contribution in [3.05, 3.63) is 21.9 Å². The Morgan fingerprint density at radius 3 is 3.00 bits per heavy atom. The number of amides is 1. The molecule has 2 N–H and O–H groups in total. The van der Waals surface area contributed by atoms with E-state index in [1.807, 2.05) is 25.3 Å². The Morgan fingerprint density at radius 1 is 1.61 bits per heavy atom.